The van der Waals surface area contributed by atoms with Gasteiger partial charge < -0.3 is 20.3 Å². The predicted octanol–water partition coefficient (Wildman–Crippen LogP) is 2.77. The molecule has 4 aromatic heterocycles. The lowest BCUT2D eigenvalue weighted by atomic mass is 10.1. The number of ether oxygens (including phenoxy) is 2. The lowest BCUT2D eigenvalue weighted by Gasteiger charge is -2.26. The Morgan fingerprint density at radius 1 is 1.29 bits per heavy atom. The fourth-order valence-corrected chi connectivity index (χ4v) is 5.07. The number of hydrogen-bond donors (Lipinski definition) is 3. The van der Waals surface area contributed by atoms with Gasteiger partial charge in [0.1, 0.15) is 6.10 Å². The van der Waals surface area contributed by atoms with Crippen molar-refractivity contribution in [3.05, 3.63) is 34.9 Å². The summed E-state index contributed by atoms with van der Waals surface area (Å²) < 4.78 is 16.0. The van der Waals surface area contributed by atoms with Gasteiger partial charge in [0.15, 0.2) is 11.3 Å². The van der Waals surface area contributed by atoms with Crippen LogP contribution in [0.1, 0.15) is 68.1 Å². The minimum atomic E-state index is -0.658. The first-order chi connectivity index (χ1) is 19.6. The lowest BCUT2D eigenvalue weighted by molar-refractivity contribution is 0.0995. The summed E-state index contributed by atoms with van der Waals surface area (Å²) in [5.41, 5.74) is 9.90. The molecule has 4 N–H and O–H groups in total. The number of hydrogen-bond acceptors (Lipinski definition) is 9. The quantitative estimate of drug-likeness (QED) is 0.320. The average Bonchev–Trinajstić information content (AvgIpc) is 3.59. The topological polar surface area (TPSA) is 162 Å². The Hall–Kier alpha value is -4.23. The number of H-pyrrole nitrogens is 1. The maximum absolute atomic E-state index is 12.4. The fraction of sp³-hybridized carbons (Fsp3) is 0.464. The van der Waals surface area contributed by atoms with Gasteiger partial charge in [0.05, 0.1) is 41.3 Å². The number of nitrogens with two attached hydrogens (primary N) is 1. The molecular formula is C28H37N9O4. The zero-order chi connectivity index (χ0) is 29.4. The van der Waals surface area contributed by atoms with Gasteiger partial charge >= 0.3 is 0 Å². The van der Waals surface area contributed by atoms with E-state index in [0.717, 1.165) is 23.2 Å². The highest BCUT2D eigenvalue weighted by Crippen LogP contribution is 2.36. The number of likely N-dealkylation sites (N-methyl/N-ethyl adjacent to an activating group) is 1. The maximum Gasteiger partial charge on any atom is 0.270 e. The number of aromatic nitrogens is 7. The van der Waals surface area contributed by atoms with Crippen LogP contribution in [0.4, 0.5) is 0 Å². The molecule has 0 saturated heterocycles. The second-order valence-corrected chi connectivity index (χ2v) is 10.6. The Kier molecular flexibility index (Phi) is 7.82. The number of nitrogens with one attached hydrogen (secondary N) is 1. The normalized spacial score (nSPS) is 17.5. The molecule has 0 fully saturated rings. The maximum atomic E-state index is 12.4. The number of pyridine rings is 1. The summed E-state index contributed by atoms with van der Waals surface area (Å²) in [4.78, 5) is 19.2. The summed E-state index contributed by atoms with van der Waals surface area (Å²) in [5, 5.41) is 27.4. The number of primary amides is 1. The van der Waals surface area contributed by atoms with Crippen LogP contribution in [0.3, 0.4) is 0 Å². The third kappa shape index (κ3) is 5.42. The predicted molar refractivity (Wildman–Crippen MR) is 154 cm³/mol. The Labute approximate surface area is 237 Å². The first-order valence-electron chi connectivity index (χ1n) is 13.8. The summed E-state index contributed by atoms with van der Waals surface area (Å²) in [6, 6.07) is 1.63. The van der Waals surface area contributed by atoms with E-state index in [1.54, 1.807) is 13.2 Å². The minimum Gasteiger partial charge on any atom is -0.473 e. The van der Waals surface area contributed by atoms with E-state index in [4.69, 9.17) is 20.3 Å². The second-order valence-electron chi connectivity index (χ2n) is 10.6. The number of aromatic amines is 1. The molecule has 0 aromatic carbocycles. The van der Waals surface area contributed by atoms with E-state index >= 15 is 0 Å². The number of fused-ring (bicyclic) bond motifs is 4. The molecule has 0 saturated carbocycles. The standard InChI is InChI=1S/C28H37N9O4/c1-7-36-12-17(5)41-28-23(24(25(29)39)33-35(28)6)18-10-20-21(31-32-26(20)30-11-18)9-8-19-22(13-36)37(16(4)14-38)34-27(19)40-15(2)3/h8-11,15-17,38H,7,12-14H2,1-6H3,(H2,29,39)(H,30,31,32)/b9-8+/t16-,17-/m0/s1. The van der Waals surface area contributed by atoms with Gasteiger partial charge in [0.25, 0.3) is 5.91 Å². The molecule has 1 aliphatic heterocycles. The van der Waals surface area contributed by atoms with E-state index in [1.165, 1.54) is 4.68 Å². The van der Waals surface area contributed by atoms with Crippen molar-refractivity contribution in [1.29, 1.82) is 0 Å². The molecule has 13 heteroatoms. The third-order valence-electron chi connectivity index (χ3n) is 7.07. The van der Waals surface area contributed by atoms with E-state index in [-0.39, 0.29) is 30.6 Å². The highest BCUT2D eigenvalue weighted by atomic mass is 16.5. The summed E-state index contributed by atoms with van der Waals surface area (Å²) in [6.45, 7) is 11.6. The average molecular weight is 564 g/mol. The molecule has 2 atom stereocenters. The molecule has 218 valence electrons. The smallest absolute Gasteiger partial charge is 0.270 e. The first kappa shape index (κ1) is 28.3. The van der Waals surface area contributed by atoms with Gasteiger partial charge in [-0.05, 0) is 52.5 Å². The molecule has 4 aromatic rings. The van der Waals surface area contributed by atoms with Gasteiger partial charge in [0.2, 0.25) is 11.8 Å². The molecular weight excluding hydrogens is 526 g/mol. The highest BCUT2D eigenvalue weighted by molar-refractivity contribution is 6.01. The van der Waals surface area contributed by atoms with Crippen LogP contribution in [-0.4, -0.2) is 82.6 Å². The van der Waals surface area contributed by atoms with Crippen molar-refractivity contribution in [2.45, 2.75) is 59.4 Å². The molecule has 41 heavy (non-hydrogen) atoms. The van der Waals surface area contributed by atoms with Crippen molar-refractivity contribution in [3.63, 3.8) is 0 Å². The number of aryl methyl sites for hydroxylation is 1. The summed E-state index contributed by atoms with van der Waals surface area (Å²) >= 11 is 0. The molecule has 13 nitrogen and oxygen atoms in total. The number of amides is 1. The molecule has 0 aliphatic carbocycles. The van der Waals surface area contributed by atoms with E-state index in [1.807, 2.05) is 50.6 Å². The summed E-state index contributed by atoms with van der Waals surface area (Å²) in [6.07, 6.45) is 5.13. The van der Waals surface area contributed by atoms with Crippen LogP contribution < -0.4 is 15.2 Å². The zero-order valence-corrected chi connectivity index (χ0v) is 24.2. The highest BCUT2D eigenvalue weighted by Gasteiger charge is 2.28. The van der Waals surface area contributed by atoms with Crippen LogP contribution in [0.5, 0.6) is 11.8 Å². The number of nitrogens with zero attached hydrogens (tertiary/aromatic N) is 7. The van der Waals surface area contributed by atoms with E-state index in [9.17, 15) is 9.90 Å². The number of carbonyl (C=O) groups excluding carboxylic acids is 1. The van der Waals surface area contributed by atoms with Gasteiger partial charge in [-0.25, -0.2) is 9.67 Å². The monoisotopic (exact) mass is 563 g/mol. The number of aliphatic hydroxyl groups excluding tert-OH is 1. The molecule has 1 amide bonds. The van der Waals surface area contributed by atoms with Gasteiger partial charge in [0, 0.05) is 37.3 Å². The van der Waals surface area contributed by atoms with Gasteiger partial charge in [-0.2, -0.15) is 10.2 Å². The fourth-order valence-electron chi connectivity index (χ4n) is 5.07. The Balaban J connectivity index is 1.75. The number of rotatable bonds is 6. The van der Waals surface area contributed by atoms with Crippen LogP contribution in [0, 0.1) is 0 Å². The Bertz CT molecular complexity index is 1600. The molecule has 5 rings (SSSR count). The van der Waals surface area contributed by atoms with Crippen molar-refractivity contribution in [3.8, 4) is 22.9 Å². The largest absolute Gasteiger partial charge is 0.473 e. The van der Waals surface area contributed by atoms with Crippen molar-refractivity contribution >= 4 is 29.1 Å². The molecule has 0 unspecified atom stereocenters. The Morgan fingerprint density at radius 3 is 2.76 bits per heavy atom. The van der Waals surface area contributed by atoms with E-state index in [2.05, 4.69) is 32.1 Å². The third-order valence-corrected chi connectivity index (χ3v) is 7.07. The number of aliphatic hydroxyl groups is 1. The molecule has 1 aliphatic rings. The van der Waals surface area contributed by atoms with Crippen LogP contribution in [-0.2, 0) is 13.6 Å². The molecule has 0 radical (unpaired) electrons. The Morgan fingerprint density at radius 2 is 2.07 bits per heavy atom. The van der Waals surface area contributed by atoms with Gasteiger partial charge in [-0.1, -0.05) is 6.92 Å². The van der Waals surface area contributed by atoms with Crippen molar-refractivity contribution < 1.29 is 19.4 Å². The van der Waals surface area contributed by atoms with Gasteiger partial charge in [-0.3, -0.25) is 19.5 Å². The van der Waals surface area contributed by atoms with Crippen LogP contribution >= 0.6 is 0 Å². The van der Waals surface area contributed by atoms with E-state index in [0.29, 0.717) is 47.3 Å². The van der Waals surface area contributed by atoms with Crippen molar-refractivity contribution in [2.24, 2.45) is 12.8 Å². The first-order valence-corrected chi connectivity index (χ1v) is 13.8. The zero-order valence-electron chi connectivity index (χ0n) is 24.2. The van der Waals surface area contributed by atoms with Crippen molar-refractivity contribution in [2.75, 3.05) is 19.7 Å². The van der Waals surface area contributed by atoms with Gasteiger partial charge in [-0.15, -0.1) is 5.10 Å². The summed E-state index contributed by atoms with van der Waals surface area (Å²) in [7, 11) is 1.72. The molecule has 5 heterocycles. The van der Waals surface area contributed by atoms with Crippen LogP contribution in [0.2, 0.25) is 0 Å². The second kappa shape index (κ2) is 11.3. The SMILES string of the molecule is CCN1Cc2c(c(OC(C)C)nn2[C@@H](C)CO)/C=C/c2[nH]nc3ncc(cc23)-c2c(C(N)=O)nn(C)c2O[C@@H](C)C1. The van der Waals surface area contributed by atoms with Crippen LogP contribution in [0.25, 0.3) is 34.3 Å². The lowest BCUT2D eigenvalue weighted by Crippen LogP contribution is -2.35. The number of carbonyl (C=O) groups is 1. The summed E-state index contributed by atoms with van der Waals surface area (Å²) in [5.74, 6) is 0.254. The molecule has 2 bridgehead atoms. The molecule has 0 spiro atoms. The van der Waals surface area contributed by atoms with Crippen molar-refractivity contribution in [1.82, 2.24) is 39.6 Å². The minimum absolute atomic E-state index is 0.0737. The van der Waals surface area contributed by atoms with Crippen LogP contribution in [0.15, 0.2) is 12.3 Å². The van der Waals surface area contributed by atoms with E-state index < -0.39 is 5.91 Å².